The first-order chi connectivity index (χ1) is 13.5. The number of hydrogen-bond donors (Lipinski definition) is 1. The molecule has 1 N–H and O–H groups in total. The Bertz CT molecular complexity index is 806. The van der Waals surface area contributed by atoms with Gasteiger partial charge in [-0.3, -0.25) is 14.5 Å². The van der Waals surface area contributed by atoms with Gasteiger partial charge in [0.05, 0.1) is 37.8 Å². The van der Waals surface area contributed by atoms with Crippen LogP contribution in [0.1, 0.15) is 25.7 Å². The van der Waals surface area contributed by atoms with E-state index in [9.17, 15) is 19.2 Å². The zero-order chi connectivity index (χ0) is 20.3. The lowest BCUT2D eigenvalue weighted by atomic mass is 9.81. The highest BCUT2D eigenvalue weighted by Crippen LogP contribution is 2.40. The van der Waals surface area contributed by atoms with Crippen LogP contribution in [0, 0.1) is 11.8 Å². The topological polar surface area (TPSA) is 102 Å². The largest absolute Gasteiger partial charge is 0.466 e. The normalized spacial score (nSPS) is 21.9. The number of hydrogen-bond acceptors (Lipinski definition) is 7. The molecular weight excluding hydrogens is 364 g/mol. The van der Waals surface area contributed by atoms with E-state index < -0.39 is 11.9 Å². The van der Waals surface area contributed by atoms with Gasteiger partial charge in [0.2, 0.25) is 11.8 Å². The van der Waals surface area contributed by atoms with Crippen LogP contribution >= 0.6 is 0 Å². The van der Waals surface area contributed by atoms with Crippen LogP contribution in [0.5, 0.6) is 0 Å². The fourth-order valence-corrected chi connectivity index (χ4v) is 3.70. The van der Waals surface area contributed by atoms with E-state index in [0.29, 0.717) is 11.4 Å². The molecule has 28 heavy (non-hydrogen) atoms. The van der Waals surface area contributed by atoms with Gasteiger partial charge in [-0.15, -0.1) is 0 Å². The van der Waals surface area contributed by atoms with Gasteiger partial charge in [0.25, 0.3) is 0 Å². The molecule has 1 saturated heterocycles. The second-order valence-corrected chi connectivity index (χ2v) is 6.75. The zero-order valence-electron chi connectivity index (χ0n) is 15.8. The number of imide groups is 1. The molecule has 2 aliphatic rings. The summed E-state index contributed by atoms with van der Waals surface area (Å²) in [5, 5.41) is 2.78. The summed E-state index contributed by atoms with van der Waals surface area (Å²) in [6.07, 6.45) is 4.44. The summed E-state index contributed by atoms with van der Waals surface area (Å²) >= 11 is 0. The Morgan fingerprint density at radius 3 is 2.07 bits per heavy atom. The summed E-state index contributed by atoms with van der Waals surface area (Å²) < 4.78 is 9.17. The van der Waals surface area contributed by atoms with Crippen LogP contribution in [0.25, 0.3) is 0 Å². The number of ether oxygens (including phenoxy) is 2. The molecule has 0 aromatic heterocycles. The number of nitrogens with one attached hydrogen (secondary N) is 1. The Hall–Kier alpha value is -3.16. The molecule has 1 aliphatic carbocycles. The van der Waals surface area contributed by atoms with Gasteiger partial charge in [-0.25, -0.2) is 9.59 Å². The highest BCUT2D eigenvalue weighted by Gasteiger charge is 2.48. The van der Waals surface area contributed by atoms with E-state index in [1.165, 1.54) is 19.1 Å². The Kier molecular flexibility index (Phi) is 5.77. The smallest absolute Gasteiger partial charge is 0.354 e. The average molecular weight is 386 g/mol. The third kappa shape index (κ3) is 3.76. The lowest BCUT2D eigenvalue weighted by Crippen LogP contribution is -2.30. The molecule has 1 aliphatic heterocycles. The third-order valence-corrected chi connectivity index (χ3v) is 5.11. The van der Waals surface area contributed by atoms with Crippen molar-refractivity contribution in [2.24, 2.45) is 11.8 Å². The maximum Gasteiger partial charge on any atom is 0.354 e. The molecule has 0 bridgehead atoms. The van der Waals surface area contributed by atoms with Crippen molar-refractivity contribution in [3.05, 3.63) is 36.0 Å². The molecule has 1 aromatic rings. The molecule has 3 rings (SSSR count). The Balaban J connectivity index is 1.78. The summed E-state index contributed by atoms with van der Waals surface area (Å²) in [6.45, 7) is 0. The molecule has 2 amide bonds. The predicted molar refractivity (Wildman–Crippen MR) is 100 cm³/mol. The van der Waals surface area contributed by atoms with Gasteiger partial charge in [0.1, 0.15) is 5.70 Å². The molecule has 8 nitrogen and oxygen atoms in total. The Morgan fingerprint density at radius 2 is 1.57 bits per heavy atom. The SMILES string of the molecule is COC(=O)/C=C(/Nc1ccc(N2C(=O)C3CCCCC3C2=O)cc1)C(=O)OC. The molecule has 148 valence electrons. The first-order valence-corrected chi connectivity index (χ1v) is 9.09. The fraction of sp³-hybridized carbons (Fsp3) is 0.400. The van der Waals surface area contributed by atoms with Crippen LogP contribution in [0.4, 0.5) is 11.4 Å². The van der Waals surface area contributed by atoms with Crippen molar-refractivity contribution in [2.45, 2.75) is 25.7 Å². The first-order valence-electron chi connectivity index (χ1n) is 9.09. The Labute approximate surface area is 162 Å². The number of esters is 2. The van der Waals surface area contributed by atoms with Crippen molar-refractivity contribution in [2.75, 3.05) is 24.4 Å². The van der Waals surface area contributed by atoms with Gasteiger partial charge in [-0.1, -0.05) is 12.8 Å². The van der Waals surface area contributed by atoms with Crippen LogP contribution in [0.2, 0.25) is 0 Å². The minimum absolute atomic E-state index is 0.0959. The molecule has 2 unspecified atom stereocenters. The molecule has 1 heterocycles. The highest BCUT2D eigenvalue weighted by atomic mass is 16.5. The maximum absolute atomic E-state index is 12.7. The highest BCUT2D eigenvalue weighted by molar-refractivity contribution is 6.22. The van der Waals surface area contributed by atoms with Gasteiger partial charge in [-0.2, -0.15) is 0 Å². The average Bonchev–Trinajstić information content (AvgIpc) is 2.98. The van der Waals surface area contributed by atoms with E-state index in [0.717, 1.165) is 31.8 Å². The van der Waals surface area contributed by atoms with Gasteiger partial charge >= 0.3 is 11.9 Å². The Morgan fingerprint density at radius 1 is 1.00 bits per heavy atom. The first kappa shape index (κ1) is 19.6. The second-order valence-electron chi connectivity index (χ2n) is 6.75. The number of rotatable bonds is 5. The van der Waals surface area contributed by atoms with Gasteiger partial charge in [0, 0.05) is 5.69 Å². The van der Waals surface area contributed by atoms with Gasteiger partial charge < -0.3 is 14.8 Å². The lowest BCUT2D eigenvalue weighted by molar-refractivity contribution is -0.138. The number of carbonyl (C=O) groups excluding carboxylic acids is 4. The molecule has 2 fully saturated rings. The maximum atomic E-state index is 12.7. The number of benzene rings is 1. The van der Waals surface area contributed by atoms with E-state index in [2.05, 4.69) is 14.8 Å². The minimum atomic E-state index is -0.733. The molecule has 8 heteroatoms. The number of carbonyl (C=O) groups is 4. The molecule has 1 aromatic carbocycles. The van der Waals surface area contributed by atoms with Crippen molar-refractivity contribution >= 4 is 35.1 Å². The molecule has 0 spiro atoms. The van der Waals surface area contributed by atoms with Crippen LogP contribution in [0.3, 0.4) is 0 Å². The zero-order valence-corrected chi connectivity index (χ0v) is 15.8. The monoisotopic (exact) mass is 386 g/mol. The van der Waals surface area contributed by atoms with Crippen LogP contribution in [0.15, 0.2) is 36.0 Å². The van der Waals surface area contributed by atoms with Crippen LogP contribution in [-0.4, -0.2) is 38.0 Å². The summed E-state index contributed by atoms with van der Waals surface area (Å²) in [6, 6.07) is 6.49. The molecule has 1 saturated carbocycles. The van der Waals surface area contributed by atoms with Gasteiger partial charge in [-0.05, 0) is 37.1 Å². The standard InChI is InChI=1S/C20H22N2O6/c1-27-17(23)11-16(20(26)28-2)21-12-7-9-13(10-8-12)22-18(24)14-5-3-4-6-15(14)19(22)25/h7-11,14-15,21H,3-6H2,1-2H3/b16-11+. The predicted octanol–water partition coefficient (Wildman–Crippen LogP) is 2.01. The number of anilines is 2. The van der Waals surface area contributed by atoms with E-state index in [-0.39, 0.29) is 29.3 Å². The summed E-state index contributed by atoms with van der Waals surface area (Å²) in [5.41, 5.74) is 0.883. The van der Waals surface area contributed by atoms with Crippen LogP contribution in [-0.2, 0) is 28.7 Å². The van der Waals surface area contributed by atoms with E-state index in [1.54, 1.807) is 24.3 Å². The fourth-order valence-electron chi connectivity index (χ4n) is 3.70. The third-order valence-electron chi connectivity index (χ3n) is 5.11. The van der Waals surface area contributed by atoms with E-state index >= 15 is 0 Å². The van der Waals surface area contributed by atoms with E-state index in [1.807, 2.05) is 0 Å². The number of fused-ring (bicyclic) bond motifs is 1. The number of nitrogens with zero attached hydrogens (tertiary/aromatic N) is 1. The summed E-state index contributed by atoms with van der Waals surface area (Å²) in [4.78, 5) is 49.8. The lowest BCUT2D eigenvalue weighted by Gasteiger charge is -2.19. The molecule has 2 atom stereocenters. The molecular formula is C20H22N2O6. The minimum Gasteiger partial charge on any atom is -0.466 e. The summed E-state index contributed by atoms with van der Waals surface area (Å²) in [7, 11) is 2.40. The number of methoxy groups -OCH3 is 2. The molecule has 0 radical (unpaired) electrons. The van der Waals surface area contributed by atoms with Crippen molar-refractivity contribution in [3.8, 4) is 0 Å². The van der Waals surface area contributed by atoms with Crippen molar-refractivity contribution in [3.63, 3.8) is 0 Å². The van der Waals surface area contributed by atoms with Crippen LogP contribution < -0.4 is 10.2 Å². The second kappa shape index (κ2) is 8.24. The van der Waals surface area contributed by atoms with E-state index in [4.69, 9.17) is 0 Å². The van der Waals surface area contributed by atoms with Gasteiger partial charge in [0.15, 0.2) is 0 Å². The number of amides is 2. The van der Waals surface area contributed by atoms with Crippen molar-refractivity contribution in [1.29, 1.82) is 0 Å². The quantitative estimate of drug-likeness (QED) is 0.469. The summed E-state index contributed by atoms with van der Waals surface area (Å²) in [5.74, 6) is -2.16. The van der Waals surface area contributed by atoms with Crippen molar-refractivity contribution in [1.82, 2.24) is 0 Å². The van der Waals surface area contributed by atoms with Crippen molar-refractivity contribution < 1.29 is 28.7 Å².